The molecule has 1 saturated heterocycles. The van der Waals surface area contributed by atoms with Crippen molar-refractivity contribution in [1.29, 1.82) is 0 Å². The zero-order valence-electron chi connectivity index (χ0n) is 20.4. The molecule has 4 amide bonds. The molecule has 2 heterocycles. The van der Waals surface area contributed by atoms with Crippen LogP contribution in [0.4, 0.5) is 25.4 Å². The first-order valence-corrected chi connectivity index (χ1v) is 11.3. The summed E-state index contributed by atoms with van der Waals surface area (Å²) in [5.74, 6) is -1.06. The first-order valence-electron chi connectivity index (χ1n) is 11.3. The maximum atomic E-state index is 15.2. The van der Waals surface area contributed by atoms with Crippen molar-refractivity contribution in [3.8, 4) is 0 Å². The standard InChI is InChI=1S/C24H31FN6O4/c1-5-35-22(32)20-15-30(11-12-31(20)24(34)29(3)4)14-17-7-6-8-19(21(17)25)28-23(33)27-18-10-9-16(2)26-13-18/h6-10,13,20H,5,11-12,14-15H2,1-4H3,(H2,27,28,33)/t20-/m0/s1. The van der Waals surface area contributed by atoms with Gasteiger partial charge in [-0.2, -0.15) is 0 Å². The van der Waals surface area contributed by atoms with E-state index in [-0.39, 0.29) is 31.4 Å². The van der Waals surface area contributed by atoms with Crippen molar-refractivity contribution in [3.63, 3.8) is 0 Å². The molecule has 0 unspecified atom stereocenters. The monoisotopic (exact) mass is 486 g/mol. The van der Waals surface area contributed by atoms with Crippen molar-refractivity contribution in [2.24, 2.45) is 0 Å². The smallest absolute Gasteiger partial charge is 0.330 e. The number of amides is 4. The van der Waals surface area contributed by atoms with E-state index in [2.05, 4.69) is 15.6 Å². The van der Waals surface area contributed by atoms with E-state index >= 15 is 4.39 Å². The van der Waals surface area contributed by atoms with Crippen LogP contribution in [0.15, 0.2) is 36.5 Å². The Morgan fingerprint density at radius 1 is 1.17 bits per heavy atom. The summed E-state index contributed by atoms with van der Waals surface area (Å²) >= 11 is 0. The van der Waals surface area contributed by atoms with Crippen LogP contribution in [0.5, 0.6) is 0 Å². The van der Waals surface area contributed by atoms with Gasteiger partial charge in [-0.3, -0.25) is 9.88 Å². The highest BCUT2D eigenvalue weighted by atomic mass is 19.1. The van der Waals surface area contributed by atoms with Gasteiger partial charge in [-0.05, 0) is 32.0 Å². The number of aromatic nitrogens is 1. The summed E-state index contributed by atoms with van der Waals surface area (Å²) in [4.78, 5) is 46.3. The Balaban J connectivity index is 1.69. The topological polar surface area (TPSA) is 107 Å². The summed E-state index contributed by atoms with van der Waals surface area (Å²) < 4.78 is 20.4. The van der Waals surface area contributed by atoms with Gasteiger partial charge < -0.3 is 25.2 Å². The zero-order valence-corrected chi connectivity index (χ0v) is 20.4. The lowest BCUT2D eigenvalue weighted by atomic mass is 10.1. The van der Waals surface area contributed by atoms with Crippen molar-refractivity contribution < 1.29 is 23.5 Å². The van der Waals surface area contributed by atoms with E-state index in [0.717, 1.165) is 5.69 Å². The second kappa shape index (κ2) is 11.6. The Bertz CT molecular complexity index is 1060. The molecule has 1 aromatic heterocycles. The highest BCUT2D eigenvalue weighted by Gasteiger charge is 2.37. The average molecular weight is 487 g/mol. The third-order valence-corrected chi connectivity index (χ3v) is 5.54. The SMILES string of the molecule is CCOC(=O)[C@@H]1CN(Cc2cccc(NC(=O)Nc3ccc(C)nc3)c2F)CCN1C(=O)N(C)C. The molecule has 0 bridgehead atoms. The average Bonchev–Trinajstić information content (AvgIpc) is 2.82. The number of esters is 1. The number of urea groups is 2. The fraction of sp³-hybridized carbons (Fsp3) is 0.417. The number of ether oxygens (including phenoxy) is 1. The number of nitrogens with one attached hydrogen (secondary N) is 2. The first kappa shape index (κ1) is 25.9. The Morgan fingerprint density at radius 2 is 1.94 bits per heavy atom. The van der Waals surface area contributed by atoms with Crippen molar-refractivity contribution in [3.05, 3.63) is 53.6 Å². The molecule has 2 aromatic rings. The molecule has 1 aliphatic rings. The molecule has 0 saturated carbocycles. The number of halogens is 1. The van der Waals surface area contributed by atoms with Crippen LogP contribution >= 0.6 is 0 Å². The molecule has 0 spiro atoms. The molecule has 2 N–H and O–H groups in total. The largest absolute Gasteiger partial charge is 0.464 e. The molecular formula is C24H31FN6O4. The zero-order chi connectivity index (χ0) is 25.5. The molecule has 3 rings (SSSR count). The number of piperazine rings is 1. The molecule has 1 fully saturated rings. The lowest BCUT2D eigenvalue weighted by Crippen LogP contribution is -2.60. The molecule has 1 aromatic carbocycles. The van der Waals surface area contributed by atoms with Gasteiger partial charge in [0.2, 0.25) is 0 Å². The lowest BCUT2D eigenvalue weighted by molar-refractivity contribution is -0.150. The molecule has 11 heteroatoms. The quantitative estimate of drug-likeness (QED) is 0.608. The van der Waals surface area contributed by atoms with E-state index in [1.807, 2.05) is 11.8 Å². The van der Waals surface area contributed by atoms with Gasteiger partial charge in [0.1, 0.15) is 6.04 Å². The third-order valence-electron chi connectivity index (χ3n) is 5.54. The van der Waals surface area contributed by atoms with E-state index in [9.17, 15) is 14.4 Å². The number of aryl methyl sites for hydroxylation is 1. The second-order valence-electron chi connectivity index (χ2n) is 8.42. The van der Waals surface area contributed by atoms with Crippen LogP contribution in [0.2, 0.25) is 0 Å². The van der Waals surface area contributed by atoms with Gasteiger partial charge in [0.15, 0.2) is 5.82 Å². The van der Waals surface area contributed by atoms with Gasteiger partial charge in [0.05, 0.1) is 24.2 Å². The van der Waals surface area contributed by atoms with Gasteiger partial charge in [-0.25, -0.2) is 18.8 Å². The number of rotatable bonds is 6. The molecular weight excluding hydrogens is 455 g/mol. The predicted octanol–water partition coefficient (Wildman–Crippen LogP) is 2.90. The van der Waals surface area contributed by atoms with Crippen LogP contribution in [0.3, 0.4) is 0 Å². The maximum absolute atomic E-state index is 15.2. The number of hydrogen-bond acceptors (Lipinski definition) is 6. The predicted molar refractivity (Wildman–Crippen MR) is 130 cm³/mol. The second-order valence-corrected chi connectivity index (χ2v) is 8.42. The Morgan fingerprint density at radius 3 is 2.60 bits per heavy atom. The van der Waals surface area contributed by atoms with E-state index in [4.69, 9.17) is 4.74 Å². The molecule has 1 aliphatic heterocycles. The minimum atomic E-state index is -0.795. The molecule has 10 nitrogen and oxygen atoms in total. The number of anilines is 2. The van der Waals surface area contributed by atoms with Crippen LogP contribution < -0.4 is 10.6 Å². The van der Waals surface area contributed by atoms with E-state index < -0.39 is 23.9 Å². The fourth-order valence-corrected chi connectivity index (χ4v) is 3.77. The number of carbonyl (C=O) groups excluding carboxylic acids is 3. The molecule has 0 aliphatic carbocycles. The van der Waals surface area contributed by atoms with Crippen molar-refractivity contribution in [2.45, 2.75) is 26.4 Å². The fourth-order valence-electron chi connectivity index (χ4n) is 3.77. The van der Waals surface area contributed by atoms with E-state index in [1.165, 1.54) is 22.1 Å². The van der Waals surface area contributed by atoms with Crippen molar-refractivity contribution >= 4 is 29.4 Å². The summed E-state index contributed by atoms with van der Waals surface area (Å²) in [6, 6.07) is 6.54. The van der Waals surface area contributed by atoms with Gasteiger partial charge in [0, 0.05) is 51.5 Å². The number of benzene rings is 1. The number of nitrogens with zero attached hydrogens (tertiary/aromatic N) is 4. The van der Waals surface area contributed by atoms with Crippen LogP contribution in [-0.2, 0) is 16.1 Å². The minimum Gasteiger partial charge on any atom is -0.464 e. The van der Waals surface area contributed by atoms with Crippen molar-refractivity contribution in [1.82, 2.24) is 19.7 Å². The maximum Gasteiger partial charge on any atom is 0.330 e. The van der Waals surface area contributed by atoms with Gasteiger partial charge in [-0.1, -0.05) is 12.1 Å². The molecule has 1 atom stereocenters. The number of hydrogen-bond donors (Lipinski definition) is 2. The van der Waals surface area contributed by atoms with Gasteiger partial charge in [-0.15, -0.1) is 0 Å². The van der Waals surface area contributed by atoms with Gasteiger partial charge in [0.25, 0.3) is 0 Å². The van der Waals surface area contributed by atoms with Crippen molar-refractivity contribution in [2.75, 3.05) is 51.0 Å². The van der Waals surface area contributed by atoms with Gasteiger partial charge >= 0.3 is 18.0 Å². The molecule has 188 valence electrons. The van der Waals surface area contributed by atoms with E-state index in [1.54, 1.807) is 45.3 Å². The highest BCUT2D eigenvalue weighted by molar-refractivity contribution is 5.99. The Kier molecular flexibility index (Phi) is 8.58. The molecule has 35 heavy (non-hydrogen) atoms. The summed E-state index contributed by atoms with van der Waals surface area (Å²) in [6.07, 6.45) is 1.52. The van der Waals surface area contributed by atoms with Crippen LogP contribution in [0.25, 0.3) is 0 Å². The van der Waals surface area contributed by atoms with Crippen LogP contribution in [-0.4, -0.2) is 84.1 Å². The normalized spacial score (nSPS) is 15.9. The lowest BCUT2D eigenvalue weighted by Gasteiger charge is -2.40. The Hall–Kier alpha value is -3.73. The summed E-state index contributed by atoms with van der Waals surface area (Å²) in [7, 11) is 3.24. The molecule has 0 radical (unpaired) electrons. The first-order chi connectivity index (χ1) is 16.7. The van der Waals surface area contributed by atoms with Crippen LogP contribution in [0, 0.1) is 12.7 Å². The van der Waals surface area contributed by atoms with E-state index in [0.29, 0.717) is 24.3 Å². The minimum absolute atomic E-state index is 0.0310. The highest BCUT2D eigenvalue weighted by Crippen LogP contribution is 2.22. The summed E-state index contributed by atoms with van der Waals surface area (Å²) in [5.41, 5.74) is 1.69. The summed E-state index contributed by atoms with van der Waals surface area (Å²) in [6.45, 7) is 4.89. The third kappa shape index (κ3) is 6.66. The Labute approximate surface area is 204 Å². The number of pyridine rings is 1. The number of carbonyl (C=O) groups is 3. The summed E-state index contributed by atoms with van der Waals surface area (Å²) in [5, 5.41) is 5.14. The van der Waals surface area contributed by atoms with Crippen LogP contribution in [0.1, 0.15) is 18.2 Å².